The van der Waals surface area contributed by atoms with Crippen molar-refractivity contribution in [1.29, 1.82) is 0 Å². The molecule has 2 aromatic carbocycles. The number of hydrogen-bond acceptors (Lipinski definition) is 3. The molecule has 0 heterocycles. The standard InChI is InChI=1S/C18H15Cl2N3O2S/c1-11(24)21-14-5-7-15(8-6-14)22-18(26)23-17(25)9-3-12-2-4-13(19)10-16(12)20/h2-10H,1H3,(H,21,24)(H2,22,23,25,26)/b9-3+. The maximum Gasteiger partial charge on any atom is 0.250 e. The Morgan fingerprint density at radius 3 is 2.19 bits per heavy atom. The van der Waals surface area contributed by atoms with E-state index in [2.05, 4.69) is 16.0 Å². The lowest BCUT2D eigenvalue weighted by Crippen LogP contribution is -2.32. The number of anilines is 2. The molecule has 0 aliphatic carbocycles. The monoisotopic (exact) mass is 407 g/mol. The van der Waals surface area contributed by atoms with Gasteiger partial charge in [0.1, 0.15) is 0 Å². The Bertz CT molecular complexity index is 867. The molecule has 3 N–H and O–H groups in total. The van der Waals surface area contributed by atoms with Crippen LogP contribution in [0.3, 0.4) is 0 Å². The lowest BCUT2D eigenvalue weighted by molar-refractivity contribution is -0.115. The van der Waals surface area contributed by atoms with Gasteiger partial charge in [-0.2, -0.15) is 0 Å². The SMILES string of the molecule is CC(=O)Nc1ccc(NC(=S)NC(=O)/C=C/c2ccc(Cl)cc2Cl)cc1. The van der Waals surface area contributed by atoms with Gasteiger partial charge in [0.25, 0.3) is 0 Å². The number of halogens is 2. The van der Waals surface area contributed by atoms with Gasteiger partial charge in [0.15, 0.2) is 5.11 Å². The van der Waals surface area contributed by atoms with Crippen LogP contribution in [-0.4, -0.2) is 16.9 Å². The first-order valence-electron chi connectivity index (χ1n) is 7.46. The van der Waals surface area contributed by atoms with Crippen molar-refractivity contribution in [3.05, 3.63) is 64.1 Å². The minimum atomic E-state index is -0.400. The van der Waals surface area contributed by atoms with E-state index in [4.69, 9.17) is 35.4 Å². The van der Waals surface area contributed by atoms with Crippen LogP contribution in [0.15, 0.2) is 48.5 Å². The van der Waals surface area contributed by atoms with Gasteiger partial charge in [-0.3, -0.25) is 14.9 Å². The molecular weight excluding hydrogens is 393 g/mol. The van der Waals surface area contributed by atoms with E-state index < -0.39 is 5.91 Å². The number of carbonyl (C=O) groups excluding carboxylic acids is 2. The van der Waals surface area contributed by atoms with E-state index in [1.807, 2.05) is 0 Å². The normalized spacial score (nSPS) is 10.4. The number of hydrogen-bond donors (Lipinski definition) is 3. The summed E-state index contributed by atoms with van der Waals surface area (Å²) in [5, 5.41) is 9.19. The Morgan fingerprint density at radius 2 is 1.62 bits per heavy atom. The number of thiocarbonyl (C=S) groups is 1. The summed E-state index contributed by atoms with van der Waals surface area (Å²) < 4.78 is 0. The predicted molar refractivity (Wildman–Crippen MR) is 111 cm³/mol. The molecule has 134 valence electrons. The average molecular weight is 408 g/mol. The van der Waals surface area contributed by atoms with E-state index in [0.29, 0.717) is 27.0 Å². The van der Waals surface area contributed by atoms with Crippen molar-refractivity contribution in [3.63, 3.8) is 0 Å². The van der Waals surface area contributed by atoms with Gasteiger partial charge in [-0.05, 0) is 60.3 Å². The molecule has 26 heavy (non-hydrogen) atoms. The van der Waals surface area contributed by atoms with Gasteiger partial charge in [-0.25, -0.2) is 0 Å². The molecule has 8 heteroatoms. The van der Waals surface area contributed by atoms with Crippen molar-refractivity contribution in [2.75, 3.05) is 10.6 Å². The number of rotatable bonds is 4. The molecule has 2 amide bonds. The number of nitrogens with one attached hydrogen (secondary N) is 3. The molecule has 0 aliphatic rings. The summed E-state index contributed by atoms with van der Waals surface area (Å²) in [4.78, 5) is 22.9. The van der Waals surface area contributed by atoms with E-state index in [0.717, 1.165) is 0 Å². The Kier molecular flexibility index (Phi) is 7.15. The van der Waals surface area contributed by atoms with Crippen LogP contribution in [0.25, 0.3) is 6.08 Å². The first kappa shape index (κ1) is 19.9. The van der Waals surface area contributed by atoms with E-state index in [1.54, 1.807) is 48.5 Å². The zero-order valence-corrected chi connectivity index (χ0v) is 16.0. The van der Waals surface area contributed by atoms with E-state index in [-0.39, 0.29) is 11.0 Å². The van der Waals surface area contributed by atoms with Gasteiger partial charge < -0.3 is 10.6 Å². The van der Waals surface area contributed by atoms with Crippen molar-refractivity contribution < 1.29 is 9.59 Å². The van der Waals surface area contributed by atoms with Gasteiger partial charge in [-0.1, -0.05) is 29.3 Å². The zero-order valence-electron chi connectivity index (χ0n) is 13.7. The molecular formula is C18H15Cl2N3O2S. The highest BCUT2D eigenvalue weighted by molar-refractivity contribution is 7.80. The fourth-order valence-electron chi connectivity index (χ4n) is 1.96. The average Bonchev–Trinajstić information content (AvgIpc) is 2.55. The van der Waals surface area contributed by atoms with E-state index in [1.165, 1.54) is 13.0 Å². The Morgan fingerprint density at radius 1 is 1.00 bits per heavy atom. The molecule has 0 aliphatic heterocycles. The molecule has 0 atom stereocenters. The van der Waals surface area contributed by atoms with Crippen LogP contribution in [0, 0.1) is 0 Å². The number of carbonyl (C=O) groups is 2. The summed E-state index contributed by atoms with van der Waals surface area (Å²) in [5.41, 5.74) is 2.01. The molecule has 2 rings (SSSR count). The second-order valence-corrected chi connectivity index (χ2v) is 6.45. The third-order valence-corrected chi connectivity index (χ3v) is 3.84. The minimum absolute atomic E-state index is 0.147. The van der Waals surface area contributed by atoms with Gasteiger partial charge >= 0.3 is 0 Å². The summed E-state index contributed by atoms with van der Waals surface area (Å²) in [6, 6.07) is 11.9. The van der Waals surface area contributed by atoms with Crippen molar-refractivity contribution in [2.45, 2.75) is 6.92 Å². The summed E-state index contributed by atoms with van der Waals surface area (Å²) in [7, 11) is 0. The highest BCUT2D eigenvalue weighted by Gasteiger charge is 2.03. The summed E-state index contributed by atoms with van der Waals surface area (Å²) in [5.74, 6) is -0.551. The predicted octanol–water partition coefficient (Wildman–Crippen LogP) is 4.48. The summed E-state index contributed by atoms with van der Waals surface area (Å²) >= 11 is 17.0. The first-order chi connectivity index (χ1) is 12.3. The smallest absolute Gasteiger partial charge is 0.250 e. The number of amides is 2. The van der Waals surface area contributed by atoms with Crippen LogP contribution in [0.5, 0.6) is 0 Å². The largest absolute Gasteiger partial charge is 0.332 e. The van der Waals surface area contributed by atoms with E-state index >= 15 is 0 Å². The van der Waals surface area contributed by atoms with Crippen LogP contribution >= 0.6 is 35.4 Å². The van der Waals surface area contributed by atoms with Crippen molar-refractivity contribution in [1.82, 2.24) is 5.32 Å². The minimum Gasteiger partial charge on any atom is -0.332 e. The molecule has 0 aromatic heterocycles. The molecule has 0 bridgehead atoms. The summed E-state index contributed by atoms with van der Waals surface area (Å²) in [6.45, 7) is 1.43. The molecule has 0 spiro atoms. The molecule has 0 unspecified atom stereocenters. The maximum atomic E-state index is 11.9. The maximum absolute atomic E-state index is 11.9. The zero-order chi connectivity index (χ0) is 19.1. The topological polar surface area (TPSA) is 70.2 Å². The van der Waals surface area contributed by atoms with Gasteiger partial charge in [-0.15, -0.1) is 0 Å². The molecule has 0 fully saturated rings. The van der Waals surface area contributed by atoms with Gasteiger partial charge in [0, 0.05) is 34.4 Å². The third kappa shape index (κ3) is 6.48. The third-order valence-electron chi connectivity index (χ3n) is 3.08. The lowest BCUT2D eigenvalue weighted by atomic mass is 10.2. The van der Waals surface area contributed by atoms with Crippen molar-refractivity contribution in [3.8, 4) is 0 Å². The van der Waals surface area contributed by atoms with E-state index in [9.17, 15) is 9.59 Å². The van der Waals surface area contributed by atoms with Crippen LogP contribution in [0.1, 0.15) is 12.5 Å². The fourth-order valence-corrected chi connectivity index (χ4v) is 2.65. The highest BCUT2D eigenvalue weighted by atomic mass is 35.5. The van der Waals surface area contributed by atoms with Crippen molar-refractivity contribution >= 4 is 69.8 Å². The van der Waals surface area contributed by atoms with Crippen LogP contribution in [0.4, 0.5) is 11.4 Å². The Hall–Kier alpha value is -2.41. The molecule has 5 nitrogen and oxygen atoms in total. The molecule has 0 radical (unpaired) electrons. The van der Waals surface area contributed by atoms with Crippen molar-refractivity contribution in [2.24, 2.45) is 0 Å². The Labute approximate surface area is 166 Å². The van der Waals surface area contributed by atoms with Gasteiger partial charge in [0.05, 0.1) is 0 Å². The van der Waals surface area contributed by atoms with Gasteiger partial charge in [0.2, 0.25) is 11.8 Å². The molecule has 0 saturated heterocycles. The Balaban J connectivity index is 1.89. The second kappa shape index (κ2) is 9.33. The number of benzene rings is 2. The first-order valence-corrected chi connectivity index (χ1v) is 8.62. The summed E-state index contributed by atoms with van der Waals surface area (Å²) in [6.07, 6.45) is 2.89. The fraction of sp³-hybridized carbons (Fsp3) is 0.0556. The molecule has 2 aromatic rings. The van der Waals surface area contributed by atoms with Crippen LogP contribution in [0.2, 0.25) is 10.0 Å². The second-order valence-electron chi connectivity index (χ2n) is 5.20. The lowest BCUT2D eigenvalue weighted by Gasteiger charge is -2.09. The quantitative estimate of drug-likeness (QED) is 0.516. The van der Waals surface area contributed by atoms with Crippen LogP contribution in [-0.2, 0) is 9.59 Å². The van der Waals surface area contributed by atoms with Crippen LogP contribution < -0.4 is 16.0 Å². The molecule has 0 saturated carbocycles. The highest BCUT2D eigenvalue weighted by Crippen LogP contribution is 2.21.